The van der Waals surface area contributed by atoms with Crippen LogP contribution in [-0.4, -0.2) is 33.6 Å². The highest BCUT2D eigenvalue weighted by molar-refractivity contribution is 8.13. The Morgan fingerprint density at radius 1 is 1.33 bits per heavy atom. The van der Waals surface area contributed by atoms with Crippen molar-refractivity contribution in [1.82, 2.24) is 14.3 Å². The molecule has 0 bridgehead atoms. The summed E-state index contributed by atoms with van der Waals surface area (Å²) in [6, 6.07) is 5.18. The first-order chi connectivity index (χ1) is 9.94. The molecule has 0 atom stereocenters. The van der Waals surface area contributed by atoms with E-state index in [0.29, 0.717) is 20.4 Å². The molecule has 5 nitrogen and oxygen atoms in total. The van der Waals surface area contributed by atoms with Crippen LogP contribution in [0.2, 0.25) is 10.0 Å². The van der Waals surface area contributed by atoms with Crippen LogP contribution in [0.25, 0.3) is 0 Å². The molecule has 0 saturated carbocycles. The first-order valence-corrected chi connectivity index (χ1v) is 8.09. The Morgan fingerprint density at radius 3 is 2.62 bits per heavy atom. The predicted octanol–water partition coefficient (Wildman–Crippen LogP) is 4.20. The lowest BCUT2D eigenvalue weighted by atomic mass is 10.2. The highest BCUT2D eigenvalue weighted by Crippen LogP contribution is 2.25. The van der Waals surface area contributed by atoms with Gasteiger partial charge >= 0.3 is 0 Å². The Balaban J connectivity index is 1.95. The van der Waals surface area contributed by atoms with Gasteiger partial charge in [-0.15, -0.1) is 0 Å². The molecule has 2 aromatic rings. The second-order valence-electron chi connectivity index (χ2n) is 4.17. The second-order valence-corrected chi connectivity index (χ2v) is 6.68. The molecule has 1 amide bonds. The molecule has 1 aromatic heterocycles. The molecular weight excluding hydrogens is 353 g/mol. The summed E-state index contributed by atoms with van der Waals surface area (Å²) in [5.74, 6) is 0. The van der Waals surface area contributed by atoms with Crippen LogP contribution in [-0.2, 0) is 6.61 Å². The summed E-state index contributed by atoms with van der Waals surface area (Å²) < 4.78 is 9.57. The van der Waals surface area contributed by atoms with E-state index in [2.05, 4.69) is 9.36 Å². The van der Waals surface area contributed by atoms with Crippen LogP contribution in [0.15, 0.2) is 23.4 Å². The van der Waals surface area contributed by atoms with Gasteiger partial charge in [0.1, 0.15) is 6.61 Å². The largest absolute Gasteiger partial charge is 0.464 e. The molecule has 1 heterocycles. The third kappa shape index (κ3) is 5.03. The van der Waals surface area contributed by atoms with Crippen LogP contribution in [0.5, 0.6) is 5.19 Å². The molecule has 9 heteroatoms. The average molecular weight is 364 g/mol. The molecule has 0 spiro atoms. The van der Waals surface area contributed by atoms with Gasteiger partial charge in [0.15, 0.2) is 0 Å². The van der Waals surface area contributed by atoms with E-state index in [9.17, 15) is 4.79 Å². The van der Waals surface area contributed by atoms with E-state index in [0.717, 1.165) is 28.9 Å². The van der Waals surface area contributed by atoms with E-state index in [-0.39, 0.29) is 11.8 Å². The standard InChI is InChI=1S/C12H11Cl2N3O2S2/c1-17(2)12(18)20-10-15-11(21-16-10)19-6-7-3-8(13)5-9(14)4-7/h3-5H,6H2,1-2H3. The topological polar surface area (TPSA) is 55.3 Å². The van der Waals surface area contributed by atoms with Crippen LogP contribution in [0.1, 0.15) is 5.56 Å². The first kappa shape index (κ1) is 16.4. The van der Waals surface area contributed by atoms with Crippen molar-refractivity contribution in [3.05, 3.63) is 33.8 Å². The maximum Gasteiger partial charge on any atom is 0.294 e. The van der Waals surface area contributed by atoms with Crippen LogP contribution in [0.3, 0.4) is 0 Å². The third-order valence-electron chi connectivity index (χ3n) is 2.22. The fourth-order valence-electron chi connectivity index (χ4n) is 1.31. The van der Waals surface area contributed by atoms with Gasteiger partial charge in [-0.2, -0.15) is 9.36 Å². The molecule has 0 radical (unpaired) electrons. The molecule has 0 unspecified atom stereocenters. The molecule has 0 fully saturated rings. The van der Waals surface area contributed by atoms with Gasteiger partial charge in [-0.05, 0) is 23.8 Å². The van der Waals surface area contributed by atoms with E-state index in [1.807, 2.05) is 0 Å². The smallest absolute Gasteiger partial charge is 0.294 e. The Hall–Kier alpha value is -1.02. The summed E-state index contributed by atoms with van der Waals surface area (Å²) in [5, 5.41) is 1.72. The van der Waals surface area contributed by atoms with Crippen molar-refractivity contribution in [1.29, 1.82) is 0 Å². The fraction of sp³-hybridized carbons (Fsp3) is 0.250. The van der Waals surface area contributed by atoms with Gasteiger partial charge in [-0.3, -0.25) is 4.79 Å². The number of carbonyl (C=O) groups excluding carboxylic acids is 1. The van der Waals surface area contributed by atoms with Gasteiger partial charge in [0.2, 0.25) is 5.16 Å². The van der Waals surface area contributed by atoms with Crippen molar-refractivity contribution in [3.8, 4) is 5.19 Å². The number of aromatic nitrogens is 2. The zero-order chi connectivity index (χ0) is 15.4. The number of hydrogen-bond acceptors (Lipinski definition) is 6. The zero-order valence-corrected chi connectivity index (χ0v) is 14.3. The third-order valence-corrected chi connectivity index (χ3v) is 4.30. The van der Waals surface area contributed by atoms with E-state index in [1.165, 1.54) is 4.90 Å². The van der Waals surface area contributed by atoms with Crippen LogP contribution < -0.4 is 4.74 Å². The van der Waals surface area contributed by atoms with E-state index >= 15 is 0 Å². The molecular formula is C12H11Cl2N3O2S2. The lowest BCUT2D eigenvalue weighted by Gasteiger charge is -2.06. The van der Waals surface area contributed by atoms with Crippen LogP contribution >= 0.6 is 46.5 Å². The molecule has 1 aromatic carbocycles. The maximum absolute atomic E-state index is 11.5. The van der Waals surface area contributed by atoms with Gasteiger partial charge in [0.25, 0.3) is 10.4 Å². The normalized spacial score (nSPS) is 10.5. The van der Waals surface area contributed by atoms with Crippen LogP contribution in [0.4, 0.5) is 4.79 Å². The molecule has 21 heavy (non-hydrogen) atoms. The number of carbonyl (C=O) groups is 1. The summed E-state index contributed by atoms with van der Waals surface area (Å²) in [7, 11) is 3.34. The molecule has 0 aliphatic rings. The lowest BCUT2D eigenvalue weighted by Crippen LogP contribution is -2.16. The van der Waals surface area contributed by atoms with E-state index in [4.69, 9.17) is 27.9 Å². The molecule has 2 rings (SSSR count). The molecule has 0 saturated heterocycles. The minimum Gasteiger partial charge on any atom is -0.464 e. The number of thioether (sulfide) groups is 1. The lowest BCUT2D eigenvalue weighted by molar-refractivity contribution is 0.241. The average Bonchev–Trinajstić information content (AvgIpc) is 2.83. The highest BCUT2D eigenvalue weighted by atomic mass is 35.5. The van der Waals surface area contributed by atoms with Crippen LogP contribution in [0, 0.1) is 0 Å². The van der Waals surface area contributed by atoms with Crippen molar-refractivity contribution in [2.24, 2.45) is 0 Å². The molecule has 0 aliphatic carbocycles. The predicted molar refractivity (Wildman–Crippen MR) is 85.6 cm³/mol. The Kier molecular flexibility index (Phi) is 5.69. The first-order valence-electron chi connectivity index (χ1n) is 5.74. The van der Waals surface area contributed by atoms with Crippen molar-refractivity contribution in [2.45, 2.75) is 11.8 Å². The van der Waals surface area contributed by atoms with Gasteiger partial charge in [-0.1, -0.05) is 23.2 Å². The summed E-state index contributed by atoms with van der Waals surface area (Å²) in [4.78, 5) is 17.1. The number of hydrogen-bond donors (Lipinski definition) is 0. The fourth-order valence-corrected chi connectivity index (χ4v) is 3.10. The Morgan fingerprint density at radius 2 is 2.00 bits per heavy atom. The summed E-state index contributed by atoms with van der Waals surface area (Å²) in [5.41, 5.74) is 0.835. The zero-order valence-electron chi connectivity index (χ0n) is 11.2. The minimum absolute atomic E-state index is 0.138. The number of benzene rings is 1. The van der Waals surface area contributed by atoms with Gasteiger partial charge in [0.05, 0.1) is 0 Å². The maximum atomic E-state index is 11.5. The summed E-state index contributed by atoms with van der Waals surface area (Å²) in [6.07, 6.45) is 0. The SMILES string of the molecule is CN(C)C(=O)Sc1nsc(OCc2cc(Cl)cc(Cl)c2)n1. The second kappa shape index (κ2) is 7.31. The quantitative estimate of drug-likeness (QED) is 0.761. The monoisotopic (exact) mass is 363 g/mol. The van der Waals surface area contributed by atoms with Crippen molar-refractivity contribution in [2.75, 3.05) is 14.1 Å². The number of nitrogens with zero attached hydrogens (tertiary/aromatic N) is 3. The van der Waals surface area contributed by atoms with E-state index < -0.39 is 0 Å². The molecule has 112 valence electrons. The number of ether oxygens (including phenoxy) is 1. The van der Waals surface area contributed by atoms with E-state index in [1.54, 1.807) is 32.3 Å². The van der Waals surface area contributed by atoms with Crippen molar-refractivity contribution >= 4 is 51.7 Å². The Bertz CT molecular complexity index is 629. The molecule has 0 N–H and O–H groups in total. The summed E-state index contributed by atoms with van der Waals surface area (Å²) in [6.45, 7) is 0.279. The van der Waals surface area contributed by atoms with Crippen molar-refractivity contribution in [3.63, 3.8) is 0 Å². The van der Waals surface area contributed by atoms with Gasteiger partial charge < -0.3 is 9.64 Å². The van der Waals surface area contributed by atoms with Gasteiger partial charge in [0, 0.05) is 47.4 Å². The van der Waals surface area contributed by atoms with Crippen molar-refractivity contribution < 1.29 is 9.53 Å². The minimum atomic E-state index is -0.138. The number of amides is 1. The number of rotatable bonds is 4. The summed E-state index contributed by atoms with van der Waals surface area (Å²) >= 11 is 13.9. The number of halogens is 2. The highest BCUT2D eigenvalue weighted by Gasteiger charge is 2.12. The Labute approximate surface area is 140 Å². The molecule has 0 aliphatic heterocycles. The van der Waals surface area contributed by atoms with Gasteiger partial charge in [-0.25, -0.2) is 0 Å².